The number of hydrogen-bond acceptors (Lipinski definition) is 6. The number of benzene rings is 1. The van der Waals surface area contributed by atoms with Gasteiger partial charge in [0.25, 0.3) is 0 Å². The minimum absolute atomic E-state index is 0.0553. The number of ether oxygens (including phenoxy) is 1. The van der Waals surface area contributed by atoms with Crippen LogP contribution in [0.25, 0.3) is 22.5 Å². The number of aromatic hydroxyl groups is 1. The van der Waals surface area contributed by atoms with Crippen LogP contribution in [0.1, 0.15) is 32.4 Å². The minimum atomic E-state index is -1.11. The highest BCUT2D eigenvalue weighted by molar-refractivity contribution is 5.70. The van der Waals surface area contributed by atoms with Gasteiger partial charge in [-0.2, -0.15) is 5.10 Å². The van der Waals surface area contributed by atoms with Crippen molar-refractivity contribution in [1.29, 1.82) is 0 Å². The molecule has 7 nitrogen and oxygen atoms in total. The van der Waals surface area contributed by atoms with E-state index in [1.165, 1.54) is 0 Å². The lowest BCUT2D eigenvalue weighted by atomic mass is 9.74. The molecule has 0 amide bonds. The number of allylic oxidation sites excluding steroid dienone is 1. The molecular weight excluding hydrogens is 421 g/mol. The highest BCUT2D eigenvalue weighted by Gasteiger charge is 2.60. The zero-order valence-electron chi connectivity index (χ0n) is 19.0. The molecule has 0 saturated carbocycles. The van der Waals surface area contributed by atoms with E-state index < -0.39 is 11.7 Å². The highest BCUT2D eigenvalue weighted by Crippen LogP contribution is 2.50. The van der Waals surface area contributed by atoms with Gasteiger partial charge in [-0.15, -0.1) is 5.10 Å². The van der Waals surface area contributed by atoms with Gasteiger partial charge in [-0.05, 0) is 56.5 Å². The van der Waals surface area contributed by atoms with Gasteiger partial charge in [0.2, 0.25) is 0 Å². The van der Waals surface area contributed by atoms with E-state index >= 15 is 4.39 Å². The standard InChI is InChI=1S/C25H28FN5O2/c1-15(18-12-24(2)22(33-4)13-25(3,30-24)23(18)26)19-7-8-20(29-28-19)17-6-5-16(11-21(17)32)31-10-9-27-14-31/h5-11,14,18,22-23,30,32H,1,12-13H2,2-4H3/t18-,22+,23-,24-,25-/m0/s1. The molecule has 2 aromatic heterocycles. The van der Waals surface area contributed by atoms with Gasteiger partial charge in [-0.1, -0.05) is 6.58 Å². The Labute approximate surface area is 192 Å². The Bertz CT molecular complexity index is 1180. The monoisotopic (exact) mass is 449 g/mol. The molecule has 2 saturated heterocycles. The molecule has 5 rings (SSSR count). The number of imidazole rings is 1. The average molecular weight is 450 g/mol. The maximum absolute atomic E-state index is 15.6. The molecule has 4 heterocycles. The number of phenolic OH excluding ortho intramolecular Hbond substituents is 1. The number of nitrogens with one attached hydrogen (secondary N) is 1. The summed E-state index contributed by atoms with van der Waals surface area (Å²) in [6.07, 6.45) is 5.16. The number of methoxy groups -OCH3 is 1. The third-order valence-corrected chi connectivity index (χ3v) is 7.28. The van der Waals surface area contributed by atoms with Gasteiger partial charge in [0.05, 0.1) is 35.0 Å². The summed E-state index contributed by atoms with van der Waals surface area (Å²) < 4.78 is 23.1. The smallest absolute Gasteiger partial charge is 0.127 e. The zero-order chi connectivity index (χ0) is 23.4. The van der Waals surface area contributed by atoms with Gasteiger partial charge >= 0.3 is 0 Å². The Kier molecular flexibility index (Phi) is 5.10. The fourth-order valence-electron chi connectivity index (χ4n) is 5.55. The Morgan fingerprint density at radius 1 is 1.21 bits per heavy atom. The first-order valence-electron chi connectivity index (χ1n) is 11.0. The first kappa shape index (κ1) is 21.7. The summed E-state index contributed by atoms with van der Waals surface area (Å²) in [5.41, 5.74) is 2.09. The Balaban J connectivity index is 1.38. The van der Waals surface area contributed by atoms with Crippen molar-refractivity contribution in [2.45, 2.75) is 50.0 Å². The second-order valence-corrected chi connectivity index (χ2v) is 9.60. The van der Waals surface area contributed by atoms with Crippen molar-refractivity contribution in [2.75, 3.05) is 7.11 Å². The number of nitrogens with zero attached hydrogens (tertiary/aromatic N) is 4. The molecule has 2 aliphatic heterocycles. The molecule has 2 aliphatic rings. The Hall–Kier alpha value is -3.10. The van der Waals surface area contributed by atoms with Crippen molar-refractivity contribution < 1.29 is 14.2 Å². The predicted molar refractivity (Wildman–Crippen MR) is 124 cm³/mol. The summed E-state index contributed by atoms with van der Waals surface area (Å²) in [5.74, 6) is -0.295. The summed E-state index contributed by atoms with van der Waals surface area (Å²) in [4.78, 5) is 4.02. The molecule has 2 N–H and O–H groups in total. The fraction of sp³-hybridized carbons (Fsp3) is 0.400. The van der Waals surface area contributed by atoms with Crippen molar-refractivity contribution in [3.63, 3.8) is 0 Å². The van der Waals surface area contributed by atoms with E-state index in [9.17, 15) is 5.11 Å². The number of phenols is 1. The number of hydrogen-bond donors (Lipinski definition) is 2. The number of halogens is 1. The van der Waals surface area contributed by atoms with E-state index in [1.807, 2.05) is 13.0 Å². The van der Waals surface area contributed by atoms with Crippen molar-refractivity contribution in [1.82, 2.24) is 25.1 Å². The molecule has 3 aromatic rings. The summed E-state index contributed by atoms with van der Waals surface area (Å²) in [6, 6.07) is 8.89. The summed E-state index contributed by atoms with van der Waals surface area (Å²) in [6.45, 7) is 8.20. The zero-order valence-corrected chi connectivity index (χ0v) is 19.0. The molecule has 1 aromatic carbocycles. The Morgan fingerprint density at radius 2 is 2.03 bits per heavy atom. The van der Waals surface area contributed by atoms with Crippen LogP contribution in [-0.2, 0) is 4.74 Å². The number of alkyl halides is 1. The van der Waals surface area contributed by atoms with E-state index in [-0.39, 0.29) is 23.3 Å². The number of piperidine rings is 1. The third kappa shape index (κ3) is 3.54. The second-order valence-electron chi connectivity index (χ2n) is 9.60. The molecule has 2 bridgehead atoms. The molecule has 0 radical (unpaired) electrons. The molecule has 172 valence electrons. The van der Waals surface area contributed by atoms with E-state index in [1.54, 1.807) is 54.7 Å². The molecule has 5 atom stereocenters. The topological polar surface area (TPSA) is 85.1 Å². The largest absolute Gasteiger partial charge is 0.507 e. The van der Waals surface area contributed by atoms with Crippen LogP contribution in [0.2, 0.25) is 0 Å². The lowest BCUT2D eigenvalue weighted by Crippen LogP contribution is -2.61. The van der Waals surface area contributed by atoms with Crippen LogP contribution in [0.3, 0.4) is 0 Å². The van der Waals surface area contributed by atoms with Gasteiger partial charge < -0.3 is 19.7 Å². The molecule has 0 aliphatic carbocycles. The van der Waals surface area contributed by atoms with Crippen LogP contribution in [0, 0.1) is 5.92 Å². The molecule has 8 heteroatoms. The number of rotatable bonds is 5. The van der Waals surface area contributed by atoms with Gasteiger partial charge in [0.1, 0.15) is 11.9 Å². The van der Waals surface area contributed by atoms with Crippen LogP contribution in [0.5, 0.6) is 5.75 Å². The van der Waals surface area contributed by atoms with Gasteiger partial charge in [0, 0.05) is 42.6 Å². The molecule has 0 spiro atoms. The van der Waals surface area contributed by atoms with Gasteiger partial charge in [-0.3, -0.25) is 0 Å². The molecule has 0 unspecified atom stereocenters. The van der Waals surface area contributed by atoms with Crippen molar-refractivity contribution in [2.24, 2.45) is 5.92 Å². The SMILES string of the molecule is C=C(c1ccc(-c2ccc(-n3ccnc3)cc2O)nn1)[C@@H]1C[C@]2(C)N[C@@](C)(C[C@H]2OC)[C@H]1F. The van der Waals surface area contributed by atoms with Crippen LogP contribution in [-0.4, -0.2) is 55.3 Å². The fourth-order valence-corrected chi connectivity index (χ4v) is 5.55. The van der Waals surface area contributed by atoms with Crippen LogP contribution < -0.4 is 5.32 Å². The van der Waals surface area contributed by atoms with Crippen LogP contribution >= 0.6 is 0 Å². The normalized spacial score (nSPS) is 31.0. The van der Waals surface area contributed by atoms with Crippen LogP contribution in [0.15, 0.2) is 55.6 Å². The summed E-state index contributed by atoms with van der Waals surface area (Å²) in [5, 5.41) is 22.7. The van der Waals surface area contributed by atoms with E-state index in [4.69, 9.17) is 4.74 Å². The second kappa shape index (κ2) is 7.74. The molecular formula is C25H28FN5O2. The first-order chi connectivity index (χ1) is 15.7. The van der Waals surface area contributed by atoms with Crippen molar-refractivity contribution in [3.05, 3.63) is 61.3 Å². The summed E-state index contributed by atoms with van der Waals surface area (Å²) in [7, 11) is 1.68. The molecule has 33 heavy (non-hydrogen) atoms. The third-order valence-electron chi connectivity index (χ3n) is 7.28. The lowest BCUT2D eigenvalue weighted by molar-refractivity contribution is 0.0335. The lowest BCUT2D eigenvalue weighted by Gasteiger charge is -2.45. The summed E-state index contributed by atoms with van der Waals surface area (Å²) >= 11 is 0. The maximum Gasteiger partial charge on any atom is 0.127 e. The predicted octanol–water partition coefficient (Wildman–Crippen LogP) is 3.93. The van der Waals surface area contributed by atoms with Crippen LogP contribution in [0.4, 0.5) is 4.39 Å². The average Bonchev–Trinajstić information content (AvgIpc) is 3.41. The van der Waals surface area contributed by atoms with E-state index in [0.29, 0.717) is 35.4 Å². The van der Waals surface area contributed by atoms with Gasteiger partial charge in [-0.25, -0.2) is 9.37 Å². The minimum Gasteiger partial charge on any atom is -0.507 e. The van der Waals surface area contributed by atoms with Gasteiger partial charge in [0.15, 0.2) is 0 Å². The van der Waals surface area contributed by atoms with Crippen molar-refractivity contribution >= 4 is 5.57 Å². The van der Waals surface area contributed by atoms with Crippen molar-refractivity contribution in [3.8, 4) is 22.7 Å². The quantitative estimate of drug-likeness (QED) is 0.614. The Morgan fingerprint density at radius 3 is 2.67 bits per heavy atom. The van der Waals surface area contributed by atoms with E-state index in [0.717, 1.165) is 5.69 Å². The molecule has 2 fully saturated rings. The maximum atomic E-state index is 15.6. The van der Waals surface area contributed by atoms with E-state index in [2.05, 4.69) is 34.0 Å². The first-order valence-corrected chi connectivity index (χ1v) is 11.0. The number of fused-ring (bicyclic) bond motifs is 2. The highest BCUT2D eigenvalue weighted by atomic mass is 19.1. The number of aromatic nitrogens is 4.